The second-order valence-electron chi connectivity index (χ2n) is 3.95. The molecule has 2 aromatic rings. The maximum atomic E-state index is 12.7. The summed E-state index contributed by atoms with van der Waals surface area (Å²) >= 11 is 0. The van der Waals surface area contributed by atoms with E-state index in [1.54, 1.807) is 6.20 Å². The van der Waals surface area contributed by atoms with Gasteiger partial charge in [0.2, 0.25) is 0 Å². The van der Waals surface area contributed by atoms with Gasteiger partial charge in [-0.25, -0.2) is 9.07 Å². The minimum absolute atomic E-state index is 0. The summed E-state index contributed by atoms with van der Waals surface area (Å²) in [5.74, 6) is 0. The average molecular weight is 375 g/mol. The Hall–Kier alpha value is -1.29. The van der Waals surface area contributed by atoms with E-state index in [1.807, 2.05) is 0 Å². The summed E-state index contributed by atoms with van der Waals surface area (Å²) in [7, 11) is -4.70. The maximum Gasteiger partial charge on any atom is 0.332 e. The molecule has 0 saturated carbocycles. The van der Waals surface area contributed by atoms with Crippen molar-refractivity contribution in [3.05, 3.63) is 36.2 Å². The van der Waals surface area contributed by atoms with Crippen LogP contribution in [0.5, 0.6) is 0 Å². The van der Waals surface area contributed by atoms with Gasteiger partial charge in [0.1, 0.15) is 6.67 Å². The van der Waals surface area contributed by atoms with E-state index < -0.39 is 21.8 Å². The molecule has 1 N–H and O–H groups in total. The van der Waals surface area contributed by atoms with Crippen molar-refractivity contribution in [1.29, 1.82) is 0 Å². The van der Waals surface area contributed by atoms with Crippen LogP contribution in [-0.2, 0) is 16.8 Å². The van der Waals surface area contributed by atoms with Gasteiger partial charge in [0.05, 0.1) is 22.5 Å². The smallest absolute Gasteiger partial charge is 0.308 e. The molecule has 0 bridgehead atoms. The summed E-state index contributed by atoms with van der Waals surface area (Å²) in [6.07, 6.45) is 1.62. The third kappa shape index (κ3) is 5.48. The summed E-state index contributed by atoms with van der Waals surface area (Å²) in [5.41, 5.74) is 1.15. The van der Waals surface area contributed by atoms with Crippen molar-refractivity contribution in [2.75, 3.05) is 13.2 Å². The molecule has 124 valence electrons. The molecule has 0 saturated heterocycles. The highest BCUT2D eigenvalue weighted by molar-refractivity contribution is 7.86. The van der Waals surface area contributed by atoms with E-state index in [4.69, 9.17) is 0 Å². The van der Waals surface area contributed by atoms with E-state index >= 15 is 0 Å². The topological polar surface area (TPSA) is 76.9 Å². The molecule has 1 heterocycles. The number of nitrogens with one attached hydrogen (secondary N) is 1. The monoisotopic (exact) mass is 374 g/mol. The van der Waals surface area contributed by atoms with Crippen LogP contribution in [0.2, 0.25) is 0 Å². The van der Waals surface area contributed by atoms with Crippen LogP contribution in [0.3, 0.4) is 0 Å². The van der Waals surface area contributed by atoms with Crippen LogP contribution in [0.25, 0.3) is 5.69 Å². The van der Waals surface area contributed by atoms with Gasteiger partial charge in [0.25, 0.3) is 0 Å². The van der Waals surface area contributed by atoms with Gasteiger partial charge in [-0.05, 0) is 24.3 Å². The number of hydrogen-bond acceptors (Lipinski definition) is 5. The molecule has 0 aliphatic rings. The number of halogens is 4. The van der Waals surface area contributed by atoms with Crippen LogP contribution in [0.1, 0.15) is 5.69 Å². The summed E-state index contributed by atoms with van der Waals surface area (Å²) in [5, 5.41) is 10.5. The largest absolute Gasteiger partial charge is 0.332 e. The first-order valence-electron chi connectivity index (χ1n) is 5.74. The standard InChI is InChI=1S/C11H12F2N4O2S.2ClH/c12-5-6-14-7-9-8-17(16-15-9)10-1-3-11(4-2-10)20(13,18)19;;/h1-4,8,14H,5-7H2;2*1H. The van der Waals surface area contributed by atoms with Crippen LogP contribution in [-0.4, -0.2) is 36.6 Å². The van der Waals surface area contributed by atoms with Gasteiger partial charge in [0.15, 0.2) is 0 Å². The maximum absolute atomic E-state index is 12.7. The summed E-state index contributed by atoms with van der Waals surface area (Å²) in [6.45, 7) is 0.143. The second kappa shape index (κ2) is 8.99. The van der Waals surface area contributed by atoms with Crippen LogP contribution in [0.15, 0.2) is 35.4 Å². The molecular formula is C11H14Cl2F2N4O2S. The third-order valence-electron chi connectivity index (χ3n) is 2.50. The molecule has 0 amide bonds. The lowest BCUT2D eigenvalue weighted by Crippen LogP contribution is -2.16. The zero-order chi connectivity index (χ0) is 14.6. The number of benzene rings is 1. The molecule has 22 heavy (non-hydrogen) atoms. The van der Waals surface area contributed by atoms with E-state index in [9.17, 15) is 16.7 Å². The first-order valence-corrected chi connectivity index (χ1v) is 7.12. The Kier molecular flexibility index (Phi) is 8.46. The van der Waals surface area contributed by atoms with E-state index in [0.717, 1.165) is 12.1 Å². The van der Waals surface area contributed by atoms with E-state index in [-0.39, 0.29) is 31.4 Å². The quantitative estimate of drug-likeness (QED) is 0.616. The van der Waals surface area contributed by atoms with Crippen LogP contribution < -0.4 is 5.32 Å². The average Bonchev–Trinajstić information content (AvgIpc) is 2.87. The Bertz CT molecular complexity index is 680. The molecular weight excluding hydrogens is 361 g/mol. The lowest BCUT2D eigenvalue weighted by molar-refractivity contribution is 0.465. The molecule has 1 aromatic heterocycles. The second-order valence-corrected chi connectivity index (χ2v) is 5.30. The van der Waals surface area contributed by atoms with E-state index in [0.29, 0.717) is 17.9 Å². The summed E-state index contributed by atoms with van der Waals surface area (Å²) < 4.78 is 47.4. The van der Waals surface area contributed by atoms with E-state index in [1.165, 1.54) is 16.8 Å². The van der Waals surface area contributed by atoms with Crippen molar-refractivity contribution in [2.24, 2.45) is 0 Å². The van der Waals surface area contributed by atoms with Crippen molar-refractivity contribution < 1.29 is 16.7 Å². The normalized spacial score (nSPS) is 10.6. The van der Waals surface area contributed by atoms with Crippen molar-refractivity contribution in [2.45, 2.75) is 11.4 Å². The number of nitrogens with zero attached hydrogens (tertiary/aromatic N) is 3. The Morgan fingerprint density at radius 3 is 2.36 bits per heavy atom. The highest BCUT2D eigenvalue weighted by Crippen LogP contribution is 2.15. The van der Waals surface area contributed by atoms with Gasteiger partial charge in [-0.1, -0.05) is 5.21 Å². The van der Waals surface area contributed by atoms with Gasteiger partial charge in [-0.15, -0.1) is 33.8 Å². The molecule has 0 unspecified atom stereocenters. The Morgan fingerprint density at radius 2 is 1.82 bits per heavy atom. The van der Waals surface area contributed by atoms with Gasteiger partial charge in [-0.2, -0.15) is 8.42 Å². The molecule has 0 fully saturated rings. The molecule has 11 heteroatoms. The molecule has 0 aliphatic heterocycles. The van der Waals surface area contributed by atoms with Gasteiger partial charge < -0.3 is 5.32 Å². The van der Waals surface area contributed by atoms with Gasteiger partial charge >= 0.3 is 10.2 Å². The fraction of sp³-hybridized carbons (Fsp3) is 0.273. The van der Waals surface area contributed by atoms with Gasteiger partial charge in [-0.3, -0.25) is 0 Å². The zero-order valence-corrected chi connectivity index (χ0v) is 13.6. The SMILES string of the molecule is Cl.Cl.O=S(=O)(F)c1ccc(-n2cc(CNCCF)nn2)cc1. The van der Waals surface area contributed by atoms with Crippen LogP contribution >= 0.6 is 24.8 Å². The predicted molar refractivity (Wildman–Crippen MR) is 81.8 cm³/mol. The summed E-state index contributed by atoms with van der Waals surface area (Å²) in [6, 6.07) is 5.13. The Labute approximate surface area is 138 Å². The fourth-order valence-electron chi connectivity index (χ4n) is 1.55. The molecule has 1 aromatic carbocycles. The Morgan fingerprint density at radius 1 is 1.18 bits per heavy atom. The number of rotatable bonds is 6. The van der Waals surface area contributed by atoms with Crippen molar-refractivity contribution in [1.82, 2.24) is 20.3 Å². The third-order valence-corrected chi connectivity index (χ3v) is 3.34. The zero-order valence-electron chi connectivity index (χ0n) is 11.1. The molecule has 2 rings (SSSR count). The van der Waals surface area contributed by atoms with E-state index in [2.05, 4.69) is 15.6 Å². The molecule has 0 aliphatic carbocycles. The van der Waals surface area contributed by atoms with Gasteiger partial charge in [0, 0.05) is 13.1 Å². The van der Waals surface area contributed by atoms with Crippen molar-refractivity contribution >= 4 is 35.0 Å². The molecule has 0 atom stereocenters. The number of alkyl halides is 1. The first-order chi connectivity index (χ1) is 9.50. The van der Waals surface area contributed by atoms with Crippen LogP contribution in [0, 0.1) is 0 Å². The Balaban J connectivity index is 0.00000220. The minimum Gasteiger partial charge on any atom is -0.308 e. The number of aromatic nitrogens is 3. The summed E-state index contributed by atoms with van der Waals surface area (Å²) in [4.78, 5) is -0.411. The lowest BCUT2D eigenvalue weighted by atomic mass is 10.3. The fourth-order valence-corrected chi connectivity index (χ4v) is 2.01. The first kappa shape index (κ1) is 20.7. The molecule has 0 radical (unpaired) electrons. The highest BCUT2D eigenvalue weighted by Gasteiger charge is 2.11. The predicted octanol–water partition coefficient (Wildman–Crippen LogP) is 1.83. The van der Waals surface area contributed by atoms with Crippen molar-refractivity contribution in [3.8, 4) is 5.69 Å². The van der Waals surface area contributed by atoms with Crippen molar-refractivity contribution in [3.63, 3.8) is 0 Å². The molecule has 0 spiro atoms. The highest BCUT2D eigenvalue weighted by atomic mass is 35.5. The lowest BCUT2D eigenvalue weighted by Gasteiger charge is -2.00. The minimum atomic E-state index is -4.70. The van der Waals surface area contributed by atoms with Crippen LogP contribution in [0.4, 0.5) is 8.28 Å². The molecule has 6 nitrogen and oxygen atoms in total. The number of hydrogen-bond donors (Lipinski definition) is 1.